The molecule has 0 spiro atoms. The van der Waals surface area contributed by atoms with E-state index in [0.717, 1.165) is 37.7 Å². The van der Waals surface area contributed by atoms with Gasteiger partial charge in [0, 0.05) is 6.04 Å². The van der Waals surface area contributed by atoms with E-state index in [4.69, 9.17) is 9.47 Å². The van der Waals surface area contributed by atoms with Gasteiger partial charge < -0.3 is 20.1 Å². The lowest BCUT2D eigenvalue weighted by molar-refractivity contribution is -0.156. The van der Waals surface area contributed by atoms with Crippen LogP contribution >= 0.6 is 0 Å². The molecule has 1 aromatic carbocycles. The van der Waals surface area contributed by atoms with Crippen molar-refractivity contribution in [3.05, 3.63) is 35.9 Å². The summed E-state index contributed by atoms with van der Waals surface area (Å²) in [6.45, 7) is 7.89. The van der Waals surface area contributed by atoms with Crippen LogP contribution in [0.25, 0.3) is 0 Å². The molecule has 0 aromatic heterocycles. The van der Waals surface area contributed by atoms with E-state index in [-0.39, 0.29) is 30.4 Å². The Labute approximate surface area is 198 Å². The first-order valence-corrected chi connectivity index (χ1v) is 12.3. The highest BCUT2D eigenvalue weighted by Crippen LogP contribution is 2.19. The Morgan fingerprint density at radius 2 is 1.70 bits per heavy atom. The van der Waals surface area contributed by atoms with Gasteiger partial charge in [0.05, 0.1) is 0 Å². The number of alkyl carbamates (subject to hydrolysis) is 1. The van der Waals surface area contributed by atoms with Crippen LogP contribution in [0.4, 0.5) is 4.79 Å². The molecule has 7 heteroatoms. The van der Waals surface area contributed by atoms with Crippen molar-refractivity contribution in [1.29, 1.82) is 0 Å². The zero-order chi connectivity index (χ0) is 24.2. The van der Waals surface area contributed by atoms with Crippen molar-refractivity contribution >= 4 is 18.0 Å². The minimum atomic E-state index is -1.03. The SMILES string of the molecule is CC[C@H](C)[C@H](NC(=O)O[C@@H](CC(C)C)C(=O)OCc1ccccc1)C(=O)NC1CCCCC1. The van der Waals surface area contributed by atoms with Gasteiger partial charge in [-0.2, -0.15) is 0 Å². The number of hydrogen-bond acceptors (Lipinski definition) is 5. The maximum atomic E-state index is 12.9. The highest BCUT2D eigenvalue weighted by molar-refractivity contribution is 5.87. The Kier molecular flexibility index (Phi) is 11.2. The Bertz CT molecular complexity index is 746. The molecular weight excluding hydrogens is 420 g/mol. The van der Waals surface area contributed by atoms with Crippen molar-refractivity contribution in [1.82, 2.24) is 10.6 Å². The third-order valence-corrected chi connectivity index (χ3v) is 6.14. The van der Waals surface area contributed by atoms with Gasteiger partial charge in [0.1, 0.15) is 12.6 Å². The summed E-state index contributed by atoms with van der Waals surface area (Å²) in [4.78, 5) is 38.3. The molecule has 1 aromatic rings. The molecule has 0 aliphatic heterocycles. The number of carbonyl (C=O) groups excluding carboxylic acids is 3. The molecule has 1 aliphatic carbocycles. The first kappa shape index (κ1) is 26.7. The van der Waals surface area contributed by atoms with Crippen molar-refractivity contribution < 1.29 is 23.9 Å². The van der Waals surface area contributed by atoms with E-state index in [9.17, 15) is 14.4 Å². The minimum absolute atomic E-state index is 0.0743. The second-order valence-electron chi connectivity index (χ2n) is 9.47. The summed E-state index contributed by atoms with van der Waals surface area (Å²) in [5, 5.41) is 5.79. The van der Waals surface area contributed by atoms with Gasteiger partial charge in [-0.25, -0.2) is 9.59 Å². The molecule has 184 valence electrons. The van der Waals surface area contributed by atoms with Gasteiger partial charge in [-0.15, -0.1) is 0 Å². The van der Waals surface area contributed by atoms with Gasteiger partial charge in [0.15, 0.2) is 0 Å². The van der Waals surface area contributed by atoms with Crippen LogP contribution in [0, 0.1) is 11.8 Å². The number of nitrogens with one attached hydrogen (secondary N) is 2. The van der Waals surface area contributed by atoms with Crippen LogP contribution < -0.4 is 10.6 Å². The molecule has 0 unspecified atom stereocenters. The van der Waals surface area contributed by atoms with Crippen molar-refractivity contribution in [3.8, 4) is 0 Å². The van der Waals surface area contributed by atoms with Gasteiger partial charge in [-0.05, 0) is 36.7 Å². The Morgan fingerprint density at radius 3 is 2.30 bits per heavy atom. The fraction of sp³-hybridized carbons (Fsp3) is 0.654. The van der Waals surface area contributed by atoms with Gasteiger partial charge in [-0.3, -0.25) is 4.79 Å². The predicted octanol–water partition coefficient (Wildman–Crippen LogP) is 4.73. The molecule has 7 nitrogen and oxygen atoms in total. The van der Waals surface area contributed by atoms with Crippen LogP contribution in [-0.2, 0) is 25.7 Å². The van der Waals surface area contributed by atoms with Gasteiger partial charge in [-0.1, -0.05) is 83.7 Å². The average Bonchev–Trinajstić information content (AvgIpc) is 2.81. The second-order valence-corrected chi connectivity index (χ2v) is 9.47. The van der Waals surface area contributed by atoms with E-state index < -0.39 is 24.2 Å². The molecule has 2 N–H and O–H groups in total. The fourth-order valence-electron chi connectivity index (χ4n) is 3.97. The first-order chi connectivity index (χ1) is 15.8. The number of amides is 2. The summed E-state index contributed by atoms with van der Waals surface area (Å²) < 4.78 is 10.9. The van der Waals surface area contributed by atoms with E-state index in [1.165, 1.54) is 6.42 Å². The first-order valence-electron chi connectivity index (χ1n) is 12.3. The zero-order valence-electron chi connectivity index (χ0n) is 20.5. The highest BCUT2D eigenvalue weighted by Gasteiger charge is 2.31. The third-order valence-electron chi connectivity index (χ3n) is 6.14. The second kappa shape index (κ2) is 13.9. The van der Waals surface area contributed by atoms with Crippen LogP contribution in [0.3, 0.4) is 0 Å². The quantitative estimate of drug-likeness (QED) is 0.466. The third kappa shape index (κ3) is 9.44. The van der Waals surface area contributed by atoms with Crippen molar-refractivity contribution in [2.75, 3.05) is 0 Å². The summed E-state index contributed by atoms with van der Waals surface area (Å²) >= 11 is 0. The van der Waals surface area contributed by atoms with E-state index in [1.807, 2.05) is 58.0 Å². The molecular formula is C26H40N2O5. The van der Waals surface area contributed by atoms with Crippen molar-refractivity contribution in [3.63, 3.8) is 0 Å². The Hall–Kier alpha value is -2.57. The number of hydrogen-bond donors (Lipinski definition) is 2. The molecule has 0 radical (unpaired) electrons. The molecule has 0 heterocycles. The lowest BCUT2D eigenvalue weighted by Gasteiger charge is -2.28. The summed E-state index contributed by atoms with van der Waals surface area (Å²) in [6.07, 6.45) is 4.59. The zero-order valence-corrected chi connectivity index (χ0v) is 20.5. The monoisotopic (exact) mass is 460 g/mol. The maximum Gasteiger partial charge on any atom is 0.408 e. The number of benzene rings is 1. The van der Waals surface area contributed by atoms with Gasteiger partial charge >= 0.3 is 12.1 Å². The topological polar surface area (TPSA) is 93.7 Å². The van der Waals surface area contributed by atoms with Crippen molar-refractivity contribution in [2.24, 2.45) is 11.8 Å². The number of esters is 1. The molecule has 2 rings (SSSR count). The van der Waals surface area contributed by atoms with Crippen LogP contribution in [0.5, 0.6) is 0 Å². The average molecular weight is 461 g/mol. The normalized spacial score (nSPS) is 17.0. The molecule has 2 amide bonds. The smallest absolute Gasteiger partial charge is 0.408 e. The van der Waals surface area contributed by atoms with Crippen LogP contribution in [0.1, 0.15) is 78.2 Å². The molecule has 1 aliphatic rings. The lowest BCUT2D eigenvalue weighted by atomic mass is 9.93. The maximum absolute atomic E-state index is 12.9. The molecule has 33 heavy (non-hydrogen) atoms. The number of ether oxygens (including phenoxy) is 2. The number of rotatable bonds is 11. The van der Waals surface area contributed by atoms with Gasteiger partial charge in [0.25, 0.3) is 0 Å². The van der Waals surface area contributed by atoms with E-state index >= 15 is 0 Å². The molecule has 3 atom stereocenters. The minimum Gasteiger partial charge on any atom is -0.458 e. The fourth-order valence-corrected chi connectivity index (χ4v) is 3.97. The number of carbonyl (C=O) groups is 3. The predicted molar refractivity (Wildman–Crippen MR) is 127 cm³/mol. The van der Waals surface area contributed by atoms with Gasteiger partial charge in [0.2, 0.25) is 12.0 Å². The van der Waals surface area contributed by atoms with Crippen molar-refractivity contribution in [2.45, 2.75) is 97.4 Å². The molecule has 0 bridgehead atoms. The molecule has 0 saturated heterocycles. The largest absolute Gasteiger partial charge is 0.458 e. The highest BCUT2D eigenvalue weighted by atomic mass is 16.6. The standard InChI is InChI=1S/C26H40N2O5/c1-5-19(4)23(24(29)27-21-14-10-7-11-15-21)28-26(31)33-22(16-18(2)3)25(30)32-17-20-12-8-6-9-13-20/h6,8-9,12-13,18-19,21-23H,5,7,10-11,14-17H2,1-4H3,(H,27,29)(H,28,31)/t19-,22-,23-/m0/s1. The lowest BCUT2D eigenvalue weighted by Crippen LogP contribution is -2.53. The summed E-state index contributed by atoms with van der Waals surface area (Å²) in [7, 11) is 0. The van der Waals surface area contributed by atoms with E-state index in [1.54, 1.807) is 0 Å². The van der Waals surface area contributed by atoms with E-state index in [2.05, 4.69) is 10.6 Å². The summed E-state index contributed by atoms with van der Waals surface area (Å²) in [5.74, 6) is -0.739. The summed E-state index contributed by atoms with van der Waals surface area (Å²) in [5.41, 5.74) is 0.856. The molecule has 1 fully saturated rings. The Balaban J connectivity index is 1.97. The summed E-state index contributed by atoms with van der Waals surface area (Å²) in [6, 6.07) is 8.78. The van der Waals surface area contributed by atoms with Crippen LogP contribution in [0.2, 0.25) is 0 Å². The van der Waals surface area contributed by atoms with E-state index in [0.29, 0.717) is 6.42 Å². The molecule has 1 saturated carbocycles. The van der Waals surface area contributed by atoms with Crippen LogP contribution in [-0.4, -0.2) is 36.2 Å². The van der Waals surface area contributed by atoms with Crippen LogP contribution in [0.15, 0.2) is 30.3 Å². The Morgan fingerprint density at radius 1 is 1.03 bits per heavy atom.